The number of ether oxygens (including phenoxy) is 1. The molecule has 10 heteroatoms. The maximum atomic E-state index is 12.7. The first-order valence-corrected chi connectivity index (χ1v) is 12.5. The number of hydrogen-bond donors (Lipinski definition) is 2. The number of aliphatic imine (C=N–C) groups is 1. The van der Waals surface area contributed by atoms with Crippen LogP contribution in [0.2, 0.25) is 0 Å². The van der Waals surface area contributed by atoms with Crippen molar-refractivity contribution in [2.75, 3.05) is 13.4 Å². The molecule has 0 bridgehead atoms. The molecule has 1 aliphatic carbocycles. The van der Waals surface area contributed by atoms with Crippen LogP contribution in [0.15, 0.2) is 94.0 Å². The fourth-order valence-corrected chi connectivity index (χ4v) is 4.40. The Bertz CT molecular complexity index is 1210. The Morgan fingerprint density at radius 3 is 2.33 bits per heavy atom. The quantitative estimate of drug-likeness (QED) is 0.364. The second-order valence-electron chi connectivity index (χ2n) is 6.89. The van der Waals surface area contributed by atoms with Crippen molar-refractivity contribution < 1.29 is 22.1 Å². The number of methoxy groups -OCH3 is 1. The first-order chi connectivity index (χ1) is 15.8. The summed E-state index contributed by atoms with van der Waals surface area (Å²) in [7, 11) is -2.82. The lowest BCUT2D eigenvalue weighted by molar-refractivity contribution is 0.177. The molecule has 3 rings (SSSR count). The van der Waals surface area contributed by atoms with E-state index in [0.29, 0.717) is 12.0 Å². The van der Waals surface area contributed by atoms with E-state index in [-0.39, 0.29) is 21.5 Å². The number of nitrogens with one attached hydrogen (secondary N) is 2. The number of thioether (sulfide) groups is 1. The number of benzene rings is 2. The van der Waals surface area contributed by atoms with Crippen molar-refractivity contribution >= 4 is 38.9 Å². The molecule has 2 N–H and O–H groups in total. The second-order valence-corrected chi connectivity index (χ2v) is 9.23. The number of nitrogens with zero attached hydrogens (tertiary/aromatic N) is 1. The Kier molecular flexibility index (Phi) is 8.07. The normalized spacial score (nSPS) is 16.5. The molecule has 33 heavy (non-hydrogen) atoms. The minimum atomic E-state index is -4.07. The molecule has 2 aromatic carbocycles. The van der Waals surface area contributed by atoms with Gasteiger partial charge < -0.3 is 14.3 Å². The van der Waals surface area contributed by atoms with Crippen LogP contribution in [0.1, 0.15) is 5.56 Å². The molecule has 0 fully saturated rings. The van der Waals surface area contributed by atoms with Crippen LogP contribution in [0.4, 0.5) is 4.79 Å². The topological polar surface area (TPSA) is 118 Å². The van der Waals surface area contributed by atoms with Gasteiger partial charge in [0.1, 0.15) is 16.7 Å². The summed E-state index contributed by atoms with van der Waals surface area (Å²) >= 11 is 1.19. The highest BCUT2D eigenvalue weighted by Crippen LogP contribution is 2.26. The smallest absolute Gasteiger partial charge is 0.412 e. The molecule has 8 nitrogen and oxygen atoms in total. The molecule has 0 saturated heterocycles. The van der Waals surface area contributed by atoms with Crippen molar-refractivity contribution in [3.63, 3.8) is 0 Å². The van der Waals surface area contributed by atoms with Gasteiger partial charge in [0.2, 0.25) is 0 Å². The maximum absolute atomic E-state index is 12.7. The van der Waals surface area contributed by atoms with Gasteiger partial charge in [0.15, 0.2) is 5.17 Å². The average Bonchev–Trinajstić information content (AvgIpc) is 2.81. The molecular formula is C23H23N3O5S2. The number of amides is 1. The van der Waals surface area contributed by atoms with Crippen LogP contribution in [0, 0.1) is 5.41 Å². The summed E-state index contributed by atoms with van der Waals surface area (Å²) in [6.45, 7) is 0. The Morgan fingerprint density at radius 1 is 1.09 bits per heavy atom. The lowest BCUT2D eigenvalue weighted by atomic mass is 9.91. The zero-order chi connectivity index (χ0) is 23.8. The summed E-state index contributed by atoms with van der Waals surface area (Å²) in [6, 6.07) is 16.6. The molecule has 2 aromatic rings. The van der Waals surface area contributed by atoms with E-state index in [9.17, 15) is 13.2 Å². The largest absolute Gasteiger partial charge is 0.453 e. The molecule has 0 aromatic heterocycles. The van der Waals surface area contributed by atoms with Crippen molar-refractivity contribution in [3.8, 4) is 0 Å². The van der Waals surface area contributed by atoms with Gasteiger partial charge in [-0.3, -0.25) is 5.32 Å². The number of alkyl carbamates (subject to hydrolysis) is 1. The van der Waals surface area contributed by atoms with Gasteiger partial charge in [-0.1, -0.05) is 60.3 Å². The Labute approximate surface area is 197 Å². The Morgan fingerprint density at radius 2 is 1.73 bits per heavy atom. The van der Waals surface area contributed by atoms with Crippen LogP contribution >= 0.6 is 11.8 Å². The first kappa shape index (κ1) is 24.3. The van der Waals surface area contributed by atoms with Gasteiger partial charge in [-0.25, -0.2) is 9.79 Å². The third kappa shape index (κ3) is 6.56. The molecule has 1 aliphatic rings. The third-order valence-corrected chi connectivity index (χ3v) is 6.45. The summed E-state index contributed by atoms with van der Waals surface area (Å²) in [5.41, 5.74) is 1.63. The fourth-order valence-electron chi connectivity index (χ4n) is 3.07. The van der Waals surface area contributed by atoms with E-state index in [1.54, 1.807) is 30.5 Å². The van der Waals surface area contributed by atoms with E-state index in [1.165, 1.54) is 37.1 Å². The van der Waals surface area contributed by atoms with Gasteiger partial charge in [0.25, 0.3) is 0 Å². The summed E-state index contributed by atoms with van der Waals surface area (Å²) < 4.78 is 35.3. The Balaban J connectivity index is 1.95. The molecule has 0 spiro atoms. The fraction of sp³-hybridized carbons (Fsp3) is 0.174. The molecule has 172 valence electrons. The molecule has 1 atom stereocenters. The van der Waals surface area contributed by atoms with Crippen molar-refractivity contribution in [2.24, 2.45) is 4.99 Å². The second kappa shape index (κ2) is 11.0. The van der Waals surface area contributed by atoms with E-state index in [2.05, 4.69) is 15.0 Å². The van der Waals surface area contributed by atoms with Gasteiger partial charge in [-0.2, -0.15) is 8.42 Å². The van der Waals surface area contributed by atoms with E-state index in [1.807, 2.05) is 30.3 Å². The minimum Gasteiger partial charge on any atom is -0.453 e. The standard InChI is InChI=1S/C23H23N3O5S2/c1-30-23(27)26-22(32-2)25-21-17(13-16-9-5-3-6-10-16)14-18(15-20(21)24)31-33(28,29)19-11-7-4-8-12-19/h3-12,14-15,21,24H,13H2,1-2H3,(H,25,26,27). The van der Waals surface area contributed by atoms with Crippen LogP contribution in [-0.2, 0) is 25.5 Å². The van der Waals surface area contributed by atoms with Crippen LogP contribution in [0.3, 0.4) is 0 Å². The van der Waals surface area contributed by atoms with Crippen molar-refractivity contribution in [2.45, 2.75) is 17.4 Å². The minimum absolute atomic E-state index is 0.0162. The van der Waals surface area contributed by atoms with Gasteiger partial charge >= 0.3 is 16.2 Å². The highest BCUT2D eigenvalue weighted by molar-refractivity contribution is 8.13. The SMILES string of the molecule is COC(=O)NC(=NC1C(=N)C=C(OS(=O)(=O)c2ccccc2)C=C1Cc1ccccc1)SC. The number of rotatable bonds is 6. The summed E-state index contributed by atoms with van der Waals surface area (Å²) in [6.07, 6.45) is 4.37. The van der Waals surface area contributed by atoms with Crippen LogP contribution in [0.25, 0.3) is 0 Å². The van der Waals surface area contributed by atoms with Crippen molar-refractivity contribution in [3.05, 3.63) is 89.7 Å². The van der Waals surface area contributed by atoms with E-state index >= 15 is 0 Å². The number of amidine groups is 1. The van der Waals surface area contributed by atoms with Crippen LogP contribution < -0.4 is 5.32 Å². The van der Waals surface area contributed by atoms with Gasteiger partial charge in [-0.05, 0) is 42.0 Å². The maximum Gasteiger partial charge on any atom is 0.412 e. The third-order valence-electron chi connectivity index (χ3n) is 4.59. The monoisotopic (exact) mass is 485 g/mol. The highest BCUT2D eigenvalue weighted by atomic mass is 32.2. The molecule has 0 heterocycles. The average molecular weight is 486 g/mol. The molecule has 0 aliphatic heterocycles. The van der Waals surface area contributed by atoms with E-state index < -0.39 is 22.3 Å². The van der Waals surface area contributed by atoms with E-state index in [4.69, 9.17) is 9.59 Å². The molecular weight excluding hydrogens is 462 g/mol. The molecule has 1 unspecified atom stereocenters. The number of carbonyl (C=O) groups excluding carboxylic acids is 1. The van der Waals surface area contributed by atoms with Crippen molar-refractivity contribution in [1.82, 2.24) is 5.32 Å². The van der Waals surface area contributed by atoms with Gasteiger partial charge in [-0.15, -0.1) is 0 Å². The van der Waals surface area contributed by atoms with Gasteiger partial charge in [0, 0.05) is 6.08 Å². The highest BCUT2D eigenvalue weighted by Gasteiger charge is 2.27. The number of hydrogen-bond acceptors (Lipinski definition) is 8. The lowest BCUT2D eigenvalue weighted by Gasteiger charge is -2.23. The predicted molar refractivity (Wildman–Crippen MR) is 129 cm³/mol. The summed E-state index contributed by atoms with van der Waals surface area (Å²) in [5.74, 6) is 0.0212. The molecule has 0 radical (unpaired) electrons. The number of carbonyl (C=O) groups is 1. The molecule has 1 amide bonds. The zero-order valence-corrected chi connectivity index (χ0v) is 19.7. The molecule has 0 saturated carbocycles. The van der Waals surface area contributed by atoms with Crippen molar-refractivity contribution in [1.29, 1.82) is 5.41 Å². The number of allylic oxidation sites excluding steroid dienone is 1. The zero-order valence-electron chi connectivity index (χ0n) is 18.0. The summed E-state index contributed by atoms with van der Waals surface area (Å²) in [4.78, 5) is 16.2. The predicted octanol–water partition coefficient (Wildman–Crippen LogP) is 3.92. The lowest BCUT2D eigenvalue weighted by Crippen LogP contribution is -2.32. The van der Waals surface area contributed by atoms with Gasteiger partial charge in [0.05, 0.1) is 12.8 Å². The first-order valence-electron chi connectivity index (χ1n) is 9.83. The van der Waals surface area contributed by atoms with E-state index in [0.717, 1.165) is 5.56 Å². The summed E-state index contributed by atoms with van der Waals surface area (Å²) in [5, 5.41) is 11.3. The Hall–Kier alpha value is -3.37. The van der Waals surface area contributed by atoms with Crippen LogP contribution in [-0.4, -0.2) is 44.8 Å². The van der Waals surface area contributed by atoms with Crippen LogP contribution in [0.5, 0.6) is 0 Å².